The van der Waals surface area contributed by atoms with Crippen LogP contribution in [0.2, 0.25) is 5.02 Å². The molecule has 0 amide bonds. The van der Waals surface area contributed by atoms with E-state index in [0.29, 0.717) is 12.3 Å². The maximum Gasteiger partial charge on any atom is 0.164 e. The monoisotopic (exact) mass is 319 g/mol. The van der Waals surface area contributed by atoms with Crippen LogP contribution in [0.5, 0.6) is 0 Å². The molecule has 3 nitrogen and oxygen atoms in total. The van der Waals surface area contributed by atoms with Crippen LogP contribution in [0, 0.1) is 13.8 Å². The van der Waals surface area contributed by atoms with E-state index in [1.807, 2.05) is 42.7 Å². The van der Waals surface area contributed by atoms with E-state index in [1.54, 1.807) is 6.20 Å². The van der Waals surface area contributed by atoms with E-state index in [4.69, 9.17) is 28.2 Å². The Morgan fingerprint density at radius 1 is 1.14 bits per heavy atom. The van der Waals surface area contributed by atoms with E-state index in [1.165, 1.54) is 0 Å². The Morgan fingerprint density at radius 2 is 1.95 bits per heavy atom. The fraction of sp³-hybridized carbons (Fsp3) is 0.250. The number of fused-ring (bicyclic) bond motifs is 1. The first-order valence-corrected chi connectivity index (χ1v) is 7.68. The zero-order chi connectivity index (χ0) is 15.0. The van der Waals surface area contributed by atoms with Crippen molar-refractivity contribution in [2.45, 2.75) is 20.3 Å². The van der Waals surface area contributed by atoms with Crippen molar-refractivity contribution in [2.24, 2.45) is 0 Å². The lowest BCUT2D eigenvalue weighted by Crippen LogP contribution is -2.03. The summed E-state index contributed by atoms with van der Waals surface area (Å²) in [6, 6.07) is 7.94. The number of imidazole rings is 1. The Kier molecular flexibility index (Phi) is 3.87. The van der Waals surface area contributed by atoms with Gasteiger partial charge >= 0.3 is 0 Å². The predicted molar refractivity (Wildman–Crippen MR) is 87.8 cm³/mol. The second-order valence-electron chi connectivity index (χ2n) is 5.04. The van der Waals surface area contributed by atoms with Crippen LogP contribution in [0.25, 0.3) is 16.9 Å². The third kappa shape index (κ3) is 2.52. The minimum Gasteiger partial charge on any atom is -0.281 e. The number of aromatic nitrogens is 3. The number of aryl methyl sites for hydroxylation is 3. The van der Waals surface area contributed by atoms with Gasteiger partial charge in [-0.15, -0.1) is 11.6 Å². The molecule has 0 N–H and O–H groups in total. The molecule has 0 aliphatic heterocycles. The number of hydrogen-bond acceptors (Lipinski definition) is 2. The molecule has 0 unspecified atom stereocenters. The number of hydrogen-bond donors (Lipinski definition) is 0. The van der Waals surface area contributed by atoms with Crippen LogP contribution in [0.3, 0.4) is 0 Å². The summed E-state index contributed by atoms with van der Waals surface area (Å²) in [6.07, 6.45) is 2.49. The summed E-state index contributed by atoms with van der Waals surface area (Å²) < 4.78 is 2.04. The molecule has 21 heavy (non-hydrogen) atoms. The fourth-order valence-electron chi connectivity index (χ4n) is 2.38. The van der Waals surface area contributed by atoms with E-state index < -0.39 is 0 Å². The van der Waals surface area contributed by atoms with Gasteiger partial charge in [0.15, 0.2) is 5.65 Å². The van der Waals surface area contributed by atoms with Gasteiger partial charge in [-0.25, -0.2) is 9.97 Å². The lowest BCUT2D eigenvalue weighted by molar-refractivity contribution is 0.905. The molecule has 3 aromatic rings. The van der Waals surface area contributed by atoms with Gasteiger partial charge in [-0.2, -0.15) is 0 Å². The molecule has 3 rings (SSSR count). The summed E-state index contributed by atoms with van der Waals surface area (Å²) in [5, 5.41) is 0.735. The molecule has 5 heteroatoms. The molecule has 0 fully saturated rings. The van der Waals surface area contributed by atoms with Gasteiger partial charge in [0.25, 0.3) is 0 Å². The number of nitrogens with zero attached hydrogens (tertiary/aromatic N) is 3. The van der Waals surface area contributed by atoms with Crippen LogP contribution in [0.4, 0.5) is 0 Å². The van der Waals surface area contributed by atoms with E-state index >= 15 is 0 Å². The van der Waals surface area contributed by atoms with Crippen molar-refractivity contribution in [2.75, 3.05) is 5.88 Å². The average molecular weight is 320 g/mol. The van der Waals surface area contributed by atoms with Crippen LogP contribution in [-0.2, 0) is 6.42 Å². The molecule has 0 aliphatic carbocycles. The molecule has 0 saturated carbocycles. The third-order valence-electron chi connectivity index (χ3n) is 3.55. The quantitative estimate of drug-likeness (QED) is 0.667. The summed E-state index contributed by atoms with van der Waals surface area (Å²) in [5.74, 6) is 1.42. The maximum absolute atomic E-state index is 6.26. The molecule has 1 aromatic carbocycles. The number of benzene rings is 1. The summed E-state index contributed by atoms with van der Waals surface area (Å²) in [5.41, 5.74) is 4.87. The number of halogens is 2. The van der Waals surface area contributed by atoms with Gasteiger partial charge in [0.05, 0.1) is 5.69 Å². The lowest BCUT2D eigenvalue weighted by Gasteiger charge is -2.09. The zero-order valence-electron chi connectivity index (χ0n) is 11.9. The Labute approximate surface area is 133 Å². The Balaban J connectivity index is 2.30. The zero-order valence-corrected chi connectivity index (χ0v) is 13.4. The second kappa shape index (κ2) is 5.66. The third-order valence-corrected chi connectivity index (χ3v) is 4.15. The normalized spacial score (nSPS) is 11.2. The summed E-state index contributed by atoms with van der Waals surface area (Å²) in [4.78, 5) is 9.19. The van der Waals surface area contributed by atoms with E-state index in [9.17, 15) is 0 Å². The SMILES string of the molecule is Cc1ccc(-n2c(CCCl)nc3c(C)ccnc32)cc1Cl. The van der Waals surface area contributed by atoms with Crippen molar-refractivity contribution in [3.8, 4) is 5.69 Å². The van der Waals surface area contributed by atoms with Crippen LogP contribution in [-0.4, -0.2) is 20.4 Å². The van der Waals surface area contributed by atoms with Crippen LogP contribution in [0.15, 0.2) is 30.5 Å². The highest BCUT2D eigenvalue weighted by molar-refractivity contribution is 6.31. The van der Waals surface area contributed by atoms with Gasteiger partial charge in [-0.05, 0) is 43.2 Å². The highest BCUT2D eigenvalue weighted by atomic mass is 35.5. The van der Waals surface area contributed by atoms with E-state index in [2.05, 4.69) is 4.98 Å². The Bertz CT molecular complexity index is 809. The minimum absolute atomic E-state index is 0.516. The molecular formula is C16H15Cl2N3. The second-order valence-corrected chi connectivity index (χ2v) is 5.82. The van der Waals surface area contributed by atoms with Crippen LogP contribution < -0.4 is 0 Å². The highest BCUT2D eigenvalue weighted by Gasteiger charge is 2.15. The first kappa shape index (κ1) is 14.4. The topological polar surface area (TPSA) is 30.7 Å². The maximum atomic E-state index is 6.26. The molecule has 0 aliphatic rings. The van der Waals surface area contributed by atoms with Gasteiger partial charge in [0, 0.05) is 23.5 Å². The average Bonchev–Trinajstić information content (AvgIpc) is 2.82. The smallest absolute Gasteiger partial charge is 0.164 e. The standard InChI is InChI=1S/C16H15Cl2N3/c1-10-3-4-12(9-13(10)18)21-14(5-7-17)20-15-11(2)6-8-19-16(15)21/h3-4,6,8-9H,5,7H2,1-2H3. The molecule has 0 bridgehead atoms. The molecule has 0 radical (unpaired) electrons. The fourth-order valence-corrected chi connectivity index (χ4v) is 2.73. The van der Waals surface area contributed by atoms with Gasteiger partial charge in [-0.1, -0.05) is 17.7 Å². The van der Waals surface area contributed by atoms with Gasteiger partial charge in [-0.3, -0.25) is 4.57 Å². The molecule has 0 spiro atoms. The number of rotatable bonds is 3. The van der Waals surface area contributed by atoms with Crippen molar-refractivity contribution < 1.29 is 0 Å². The molecular weight excluding hydrogens is 305 g/mol. The van der Waals surface area contributed by atoms with Crippen molar-refractivity contribution in [3.63, 3.8) is 0 Å². The van der Waals surface area contributed by atoms with Gasteiger partial charge in [0.1, 0.15) is 11.3 Å². The van der Waals surface area contributed by atoms with Crippen molar-refractivity contribution in [1.82, 2.24) is 14.5 Å². The largest absolute Gasteiger partial charge is 0.281 e. The summed E-state index contributed by atoms with van der Waals surface area (Å²) in [7, 11) is 0. The first-order chi connectivity index (χ1) is 10.1. The van der Waals surface area contributed by atoms with Crippen molar-refractivity contribution in [1.29, 1.82) is 0 Å². The minimum atomic E-state index is 0.516. The molecule has 0 atom stereocenters. The Morgan fingerprint density at radius 3 is 2.67 bits per heavy atom. The van der Waals surface area contributed by atoms with E-state index in [-0.39, 0.29) is 0 Å². The van der Waals surface area contributed by atoms with Gasteiger partial charge < -0.3 is 0 Å². The Hall–Kier alpha value is -1.58. The van der Waals surface area contributed by atoms with Crippen LogP contribution in [0.1, 0.15) is 17.0 Å². The first-order valence-electron chi connectivity index (χ1n) is 6.77. The van der Waals surface area contributed by atoms with Gasteiger partial charge in [0.2, 0.25) is 0 Å². The summed E-state index contributed by atoms with van der Waals surface area (Å²) in [6.45, 7) is 4.02. The molecule has 2 heterocycles. The highest BCUT2D eigenvalue weighted by Crippen LogP contribution is 2.26. The van der Waals surface area contributed by atoms with E-state index in [0.717, 1.165) is 38.8 Å². The predicted octanol–water partition coefficient (Wildman–Crippen LogP) is 4.47. The molecule has 108 valence electrons. The molecule has 0 saturated heterocycles. The summed E-state index contributed by atoms with van der Waals surface area (Å²) >= 11 is 12.2. The van der Waals surface area contributed by atoms with Crippen LogP contribution >= 0.6 is 23.2 Å². The van der Waals surface area contributed by atoms with Crippen molar-refractivity contribution >= 4 is 34.4 Å². The molecule has 2 aromatic heterocycles. The lowest BCUT2D eigenvalue weighted by atomic mass is 10.2. The van der Waals surface area contributed by atoms with Crippen molar-refractivity contribution in [3.05, 3.63) is 52.4 Å². The number of pyridine rings is 1. The number of alkyl halides is 1.